The van der Waals surface area contributed by atoms with Crippen LogP contribution in [0.5, 0.6) is 0 Å². The largest absolute Gasteiger partial charge is 0.381 e. The quantitative estimate of drug-likeness (QED) is 0.853. The minimum atomic E-state index is -0.143. The molecule has 0 radical (unpaired) electrons. The van der Waals surface area contributed by atoms with Crippen molar-refractivity contribution < 1.29 is 9.53 Å². The molecule has 3 rings (SSSR count). The lowest BCUT2D eigenvalue weighted by molar-refractivity contribution is 0.0950. The third-order valence-corrected chi connectivity index (χ3v) is 3.76. The van der Waals surface area contributed by atoms with Gasteiger partial charge in [0.15, 0.2) is 0 Å². The van der Waals surface area contributed by atoms with Crippen molar-refractivity contribution >= 4 is 11.6 Å². The van der Waals surface area contributed by atoms with Gasteiger partial charge in [0.1, 0.15) is 0 Å². The number of rotatable bonds is 6. The number of hydrogen-bond acceptors (Lipinski definition) is 5. The molecule has 1 saturated heterocycles. The number of nitrogens with zero attached hydrogens (tertiary/aromatic N) is 2. The molecule has 1 unspecified atom stereocenters. The second-order valence-corrected chi connectivity index (χ2v) is 5.52. The van der Waals surface area contributed by atoms with Crippen molar-refractivity contribution in [2.24, 2.45) is 0 Å². The fraction of sp³-hybridized carbons (Fsp3) is 0.353. The van der Waals surface area contributed by atoms with Gasteiger partial charge in [-0.05, 0) is 36.6 Å². The van der Waals surface area contributed by atoms with Crippen LogP contribution in [0.15, 0.2) is 43.0 Å². The fourth-order valence-corrected chi connectivity index (χ4v) is 2.48. The van der Waals surface area contributed by atoms with Crippen LogP contribution in [0.3, 0.4) is 0 Å². The first kappa shape index (κ1) is 15.4. The molecule has 0 spiro atoms. The molecule has 1 atom stereocenters. The lowest BCUT2D eigenvalue weighted by Gasteiger charge is -2.12. The number of carbonyl (C=O) groups excluding carboxylic acids is 1. The molecule has 1 amide bonds. The average molecular weight is 312 g/mol. The van der Waals surface area contributed by atoms with Crippen LogP contribution in [-0.4, -0.2) is 35.1 Å². The smallest absolute Gasteiger partial charge is 0.253 e. The van der Waals surface area contributed by atoms with Gasteiger partial charge in [-0.1, -0.05) is 0 Å². The zero-order valence-corrected chi connectivity index (χ0v) is 12.9. The topological polar surface area (TPSA) is 76.1 Å². The molecule has 1 fully saturated rings. The Labute approximate surface area is 135 Å². The average Bonchev–Trinajstić information content (AvgIpc) is 3.12. The number of hydrogen-bond donors (Lipinski definition) is 2. The summed E-state index contributed by atoms with van der Waals surface area (Å²) in [7, 11) is 0. The molecule has 0 bridgehead atoms. The molecule has 6 heteroatoms. The van der Waals surface area contributed by atoms with E-state index in [-0.39, 0.29) is 12.0 Å². The molecule has 0 saturated carbocycles. The SMILES string of the molecule is O=C(NCc1ccncc1)c1cncc(NCC2CCCO2)c1. The highest BCUT2D eigenvalue weighted by atomic mass is 16.5. The molecule has 120 valence electrons. The Hall–Kier alpha value is -2.47. The number of anilines is 1. The Morgan fingerprint density at radius 3 is 2.91 bits per heavy atom. The summed E-state index contributed by atoms with van der Waals surface area (Å²) in [5.74, 6) is -0.143. The lowest BCUT2D eigenvalue weighted by atomic mass is 10.2. The summed E-state index contributed by atoms with van der Waals surface area (Å²) < 4.78 is 5.57. The molecule has 6 nitrogen and oxygen atoms in total. The minimum absolute atomic E-state index is 0.143. The first-order valence-corrected chi connectivity index (χ1v) is 7.79. The zero-order chi connectivity index (χ0) is 15.9. The van der Waals surface area contributed by atoms with Gasteiger partial charge >= 0.3 is 0 Å². The Kier molecular flexibility index (Phi) is 5.16. The van der Waals surface area contributed by atoms with Crippen molar-refractivity contribution in [3.05, 3.63) is 54.1 Å². The summed E-state index contributed by atoms with van der Waals surface area (Å²) in [6.45, 7) is 2.04. The fourth-order valence-electron chi connectivity index (χ4n) is 2.48. The number of pyridine rings is 2. The predicted octanol–water partition coefficient (Wildman–Crippen LogP) is 2.00. The third kappa shape index (κ3) is 4.50. The van der Waals surface area contributed by atoms with E-state index in [1.54, 1.807) is 24.8 Å². The normalized spacial score (nSPS) is 17.0. The van der Waals surface area contributed by atoms with Crippen molar-refractivity contribution in [1.29, 1.82) is 0 Å². The maximum atomic E-state index is 12.2. The van der Waals surface area contributed by atoms with Gasteiger partial charge < -0.3 is 15.4 Å². The predicted molar refractivity (Wildman–Crippen MR) is 87.1 cm³/mol. The van der Waals surface area contributed by atoms with E-state index in [1.165, 1.54) is 0 Å². The monoisotopic (exact) mass is 312 g/mol. The summed E-state index contributed by atoms with van der Waals surface area (Å²) in [4.78, 5) is 20.3. The number of amides is 1. The second-order valence-electron chi connectivity index (χ2n) is 5.52. The van der Waals surface area contributed by atoms with Crippen LogP contribution in [0.2, 0.25) is 0 Å². The Bertz CT molecular complexity index is 642. The van der Waals surface area contributed by atoms with Crippen molar-refractivity contribution in [3.8, 4) is 0 Å². The van der Waals surface area contributed by atoms with Crippen LogP contribution in [0.25, 0.3) is 0 Å². The van der Waals surface area contributed by atoms with Crippen LogP contribution >= 0.6 is 0 Å². The summed E-state index contributed by atoms with van der Waals surface area (Å²) in [6.07, 6.45) is 9.14. The molecule has 2 aromatic heterocycles. The molecule has 3 heterocycles. The van der Waals surface area contributed by atoms with Crippen LogP contribution in [0.4, 0.5) is 5.69 Å². The highest BCUT2D eigenvalue weighted by Crippen LogP contribution is 2.14. The standard InChI is InChI=1S/C17H20N4O2/c22-17(21-9-13-3-5-18-6-4-13)14-8-15(11-19-10-14)20-12-16-2-1-7-23-16/h3-6,8,10-11,16,20H,1-2,7,9,12H2,(H,21,22). The van der Waals surface area contributed by atoms with E-state index in [1.807, 2.05) is 18.2 Å². The van der Waals surface area contributed by atoms with E-state index >= 15 is 0 Å². The maximum Gasteiger partial charge on any atom is 0.253 e. The van der Waals surface area contributed by atoms with Gasteiger partial charge in [-0.25, -0.2) is 0 Å². The number of nitrogens with one attached hydrogen (secondary N) is 2. The van der Waals surface area contributed by atoms with E-state index in [4.69, 9.17) is 4.74 Å². The molecular formula is C17H20N4O2. The Morgan fingerprint density at radius 2 is 2.13 bits per heavy atom. The van der Waals surface area contributed by atoms with Crippen molar-refractivity contribution in [2.75, 3.05) is 18.5 Å². The first-order chi connectivity index (χ1) is 11.3. The van der Waals surface area contributed by atoms with Crippen LogP contribution in [-0.2, 0) is 11.3 Å². The maximum absolute atomic E-state index is 12.2. The van der Waals surface area contributed by atoms with Gasteiger partial charge in [-0.3, -0.25) is 14.8 Å². The molecule has 0 aromatic carbocycles. The summed E-state index contributed by atoms with van der Waals surface area (Å²) in [5.41, 5.74) is 2.38. The Balaban J connectivity index is 1.54. The van der Waals surface area contributed by atoms with E-state index in [0.29, 0.717) is 12.1 Å². The molecule has 2 N–H and O–H groups in total. The van der Waals surface area contributed by atoms with E-state index in [2.05, 4.69) is 20.6 Å². The molecule has 1 aliphatic rings. The number of aromatic nitrogens is 2. The van der Waals surface area contributed by atoms with E-state index in [0.717, 1.165) is 37.2 Å². The van der Waals surface area contributed by atoms with Crippen molar-refractivity contribution in [2.45, 2.75) is 25.5 Å². The molecule has 2 aromatic rings. The van der Waals surface area contributed by atoms with Gasteiger partial charge in [0.25, 0.3) is 5.91 Å². The van der Waals surface area contributed by atoms with Gasteiger partial charge in [-0.2, -0.15) is 0 Å². The summed E-state index contributed by atoms with van der Waals surface area (Å²) in [5, 5.41) is 6.16. The highest BCUT2D eigenvalue weighted by molar-refractivity contribution is 5.94. The molecular weight excluding hydrogens is 292 g/mol. The van der Waals surface area contributed by atoms with Gasteiger partial charge in [-0.15, -0.1) is 0 Å². The van der Waals surface area contributed by atoms with Crippen molar-refractivity contribution in [1.82, 2.24) is 15.3 Å². The van der Waals surface area contributed by atoms with Crippen LogP contribution in [0, 0.1) is 0 Å². The third-order valence-electron chi connectivity index (χ3n) is 3.76. The van der Waals surface area contributed by atoms with Crippen molar-refractivity contribution in [3.63, 3.8) is 0 Å². The number of ether oxygens (including phenoxy) is 1. The van der Waals surface area contributed by atoms with E-state index in [9.17, 15) is 4.79 Å². The number of carbonyl (C=O) groups is 1. The molecule has 0 aliphatic carbocycles. The summed E-state index contributed by atoms with van der Waals surface area (Å²) >= 11 is 0. The van der Waals surface area contributed by atoms with Crippen LogP contribution in [0.1, 0.15) is 28.8 Å². The van der Waals surface area contributed by atoms with Gasteiger partial charge in [0.05, 0.1) is 17.4 Å². The van der Waals surface area contributed by atoms with Gasteiger partial charge in [0, 0.05) is 44.5 Å². The Morgan fingerprint density at radius 1 is 1.26 bits per heavy atom. The molecule has 23 heavy (non-hydrogen) atoms. The first-order valence-electron chi connectivity index (χ1n) is 7.79. The lowest BCUT2D eigenvalue weighted by Crippen LogP contribution is -2.23. The summed E-state index contributed by atoms with van der Waals surface area (Å²) in [6, 6.07) is 5.56. The second kappa shape index (κ2) is 7.69. The zero-order valence-electron chi connectivity index (χ0n) is 12.9. The van der Waals surface area contributed by atoms with Crippen LogP contribution < -0.4 is 10.6 Å². The highest BCUT2D eigenvalue weighted by Gasteiger charge is 2.15. The minimum Gasteiger partial charge on any atom is -0.381 e. The van der Waals surface area contributed by atoms with E-state index < -0.39 is 0 Å². The van der Waals surface area contributed by atoms with Gasteiger partial charge in [0.2, 0.25) is 0 Å². The molecule has 1 aliphatic heterocycles.